The van der Waals surface area contributed by atoms with Gasteiger partial charge in [0.1, 0.15) is 0 Å². The van der Waals surface area contributed by atoms with E-state index in [0.717, 1.165) is 0 Å². The van der Waals surface area contributed by atoms with E-state index in [-0.39, 0.29) is 6.42 Å². The van der Waals surface area contributed by atoms with Crippen molar-refractivity contribution in [2.24, 2.45) is 5.73 Å². The Bertz CT molecular complexity index is 200. The Morgan fingerprint density at radius 2 is 1.54 bits per heavy atom. The molecule has 0 fully saturated rings. The van der Waals surface area contributed by atoms with E-state index in [0.29, 0.717) is 0 Å². The molecule has 0 aliphatic rings. The molecule has 72 valence electrons. The summed E-state index contributed by atoms with van der Waals surface area (Å²) in [5, 5.41) is 7.42. The maximum absolute atomic E-state index is 9.68. The molecule has 1 aromatic carbocycles. The number of carboxylic acids is 1. The molecule has 1 unspecified atom stereocenters. The maximum atomic E-state index is 9.68. The van der Waals surface area contributed by atoms with Crippen LogP contribution >= 0.6 is 12.6 Å². The molecule has 13 heavy (non-hydrogen) atoms. The van der Waals surface area contributed by atoms with E-state index in [2.05, 4.69) is 12.6 Å². The first-order valence-corrected chi connectivity index (χ1v) is 4.30. The lowest BCUT2D eigenvalue weighted by atomic mass is 10.4. The lowest BCUT2D eigenvalue weighted by Crippen LogP contribution is -2.16. The summed E-state index contributed by atoms with van der Waals surface area (Å²) in [5.74, 6) is -0.914. The average molecular weight is 199 g/mol. The molecule has 1 rings (SSSR count). The van der Waals surface area contributed by atoms with Gasteiger partial charge in [0.05, 0.1) is 11.8 Å². The highest BCUT2D eigenvalue weighted by molar-refractivity contribution is 7.80. The van der Waals surface area contributed by atoms with E-state index in [9.17, 15) is 4.79 Å². The van der Waals surface area contributed by atoms with Gasteiger partial charge in [0.2, 0.25) is 0 Å². The van der Waals surface area contributed by atoms with Gasteiger partial charge < -0.3 is 10.8 Å². The summed E-state index contributed by atoms with van der Waals surface area (Å²) in [4.78, 5) is 9.68. The monoisotopic (exact) mass is 199 g/mol. The number of carbonyl (C=O) groups is 1. The number of hydrogen-bond acceptors (Lipinski definition) is 3. The van der Waals surface area contributed by atoms with Crippen LogP contribution in [0.4, 0.5) is 0 Å². The molecule has 1 atom stereocenters. The van der Waals surface area contributed by atoms with Crippen molar-refractivity contribution < 1.29 is 9.90 Å². The molecule has 3 N–H and O–H groups in total. The van der Waals surface area contributed by atoms with E-state index < -0.39 is 11.3 Å². The van der Waals surface area contributed by atoms with Gasteiger partial charge in [0, 0.05) is 0 Å². The molecule has 1 aromatic rings. The molecule has 0 aliphatic carbocycles. The largest absolute Gasteiger partial charge is 0.481 e. The molecular weight excluding hydrogens is 186 g/mol. The summed E-state index contributed by atoms with van der Waals surface area (Å²) in [7, 11) is 0. The zero-order valence-electron chi connectivity index (χ0n) is 7.13. The first kappa shape index (κ1) is 12.0. The number of nitrogens with two attached hydrogens (primary N) is 1. The van der Waals surface area contributed by atoms with Crippen molar-refractivity contribution in [3.63, 3.8) is 0 Å². The second-order valence-electron chi connectivity index (χ2n) is 2.32. The molecule has 4 heteroatoms. The third-order valence-corrected chi connectivity index (χ3v) is 1.23. The number of aliphatic carboxylic acids is 1. The van der Waals surface area contributed by atoms with Gasteiger partial charge in [-0.25, -0.2) is 0 Å². The summed E-state index contributed by atoms with van der Waals surface area (Å²) in [6, 6.07) is 12.0. The average Bonchev–Trinajstić information content (AvgIpc) is 2.06. The minimum atomic E-state index is -0.914. The molecule has 0 radical (unpaired) electrons. The van der Waals surface area contributed by atoms with E-state index in [4.69, 9.17) is 10.8 Å². The van der Waals surface area contributed by atoms with Gasteiger partial charge in [-0.3, -0.25) is 4.79 Å². The Morgan fingerprint density at radius 3 is 1.62 bits per heavy atom. The van der Waals surface area contributed by atoms with E-state index in [1.54, 1.807) is 0 Å². The molecule has 0 amide bonds. The van der Waals surface area contributed by atoms with Gasteiger partial charge in [-0.1, -0.05) is 36.4 Å². The van der Waals surface area contributed by atoms with Crippen LogP contribution < -0.4 is 5.73 Å². The third kappa shape index (κ3) is 11.0. The summed E-state index contributed by atoms with van der Waals surface area (Å²) >= 11 is 3.63. The molecule has 0 spiro atoms. The first-order chi connectivity index (χ1) is 6.13. The molecule has 0 aliphatic heterocycles. The summed E-state index contributed by atoms with van der Waals surface area (Å²) in [6.45, 7) is 0. The van der Waals surface area contributed by atoms with Gasteiger partial charge in [0.15, 0.2) is 0 Å². The Balaban J connectivity index is 0.000000223. The Hall–Kier alpha value is -1.00. The van der Waals surface area contributed by atoms with Crippen LogP contribution in [0.15, 0.2) is 36.4 Å². The van der Waals surface area contributed by atoms with Crippen molar-refractivity contribution in [2.45, 2.75) is 11.8 Å². The Morgan fingerprint density at radius 1 is 1.23 bits per heavy atom. The highest BCUT2D eigenvalue weighted by atomic mass is 32.1. The molecule has 0 aromatic heterocycles. The van der Waals surface area contributed by atoms with Gasteiger partial charge in [0.25, 0.3) is 0 Å². The highest BCUT2D eigenvalue weighted by Crippen LogP contribution is 1.89. The van der Waals surface area contributed by atoms with Crippen molar-refractivity contribution in [2.75, 3.05) is 0 Å². The topological polar surface area (TPSA) is 63.3 Å². The summed E-state index contributed by atoms with van der Waals surface area (Å²) in [6.07, 6.45) is -0.0802. The number of hydrogen-bond donors (Lipinski definition) is 3. The molecule has 0 saturated carbocycles. The summed E-state index contributed by atoms with van der Waals surface area (Å²) in [5.41, 5.74) is 4.98. The maximum Gasteiger partial charge on any atom is 0.305 e. The van der Waals surface area contributed by atoms with Crippen LogP contribution in [-0.2, 0) is 4.79 Å². The zero-order chi connectivity index (χ0) is 10.1. The lowest BCUT2D eigenvalue weighted by molar-refractivity contribution is -0.136. The van der Waals surface area contributed by atoms with Crippen LogP contribution in [0.5, 0.6) is 0 Å². The second-order valence-corrected chi connectivity index (χ2v) is 2.98. The third-order valence-electron chi connectivity index (χ3n) is 1.05. The molecule has 0 bridgehead atoms. The zero-order valence-corrected chi connectivity index (χ0v) is 8.02. The molecule has 0 heterocycles. The predicted molar refractivity (Wildman–Crippen MR) is 55.7 cm³/mol. The minimum absolute atomic E-state index is 0.0802. The lowest BCUT2D eigenvalue weighted by Gasteiger charge is -1.94. The fourth-order valence-corrected chi connectivity index (χ4v) is 0.720. The standard InChI is InChI=1S/C6H6.C3H7NO2S/c1-2-4-6-5-3-1;4-2(7)1-3(5)6/h1-6H;2,7H,1,4H2,(H,5,6). The summed E-state index contributed by atoms with van der Waals surface area (Å²) < 4.78 is 0. The van der Waals surface area contributed by atoms with Gasteiger partial charge >= 0.3 is 5.97 Å². The van der Waals surface area contributed by atoms with Crippen molar-refractivity contribution in [1.82, 2.24) is 0 Å². The fourth-order valence-electron chi connectivity index (χ4n) is 0.564. The van der Waals surface area contributed by atoms with Crippen molar-refractivity contribution >= 4 is 18.6 Å². The quantitative estimate of drug-likeness (QED) is 0.498. The van der Waals surface area contributed by atoms with E-state index in [1.165, 1.54) is 0 Å². The highest BCUT2D eigenvalue weighted by Gasteiger charge is 1.99. The van der Waals surface area contributed by atoms with Gasteiger partial charge in [-0.15, -0.1) is 0 Å². The number of benzene rings is 1. The predicted octanol–water partition coefficient (Wildman–Crippen LogP) is 1.36. The molecule has 0 saturated heterocycles. The first-order valence-electron chi connectivity index (χ1n) is 3.78. The van der Waals surface area contributed by atoms with Crippen molar-refractivity contribution in [3.8, 4) is 0 Å². The minimum Gasteiger partial charge on any atom is -0.481 e. The van der Waals surface area contributed by atoms with Crippen molar-refractivity contribution in [3.05, 3.63) is 36.4 Å². The van der Waals surface area contributed by atoms with Crippen LogP contribution in [0, 0.1) is 0 Å². The van der Waals surface area contributed by atoms with Crippen LogP contribution in [0.3, 0.4) is 0 Å². The molecule has 3 nitrogen and oxygen atoms in total. The number of carboxylic acid groups (broad SMARTS) is 1. The van der Waals surface area contributed by atoms with Crippen LogP contribution in [0.2, 0.25) is 0 Å². The van der Waals surface area contributed by atoms with Crippen molar-refractivity contribution in [1.29, 1.82) is 0 Å². The SMILES string of the molecule is NC(S)CC(=O)O.c1ccccc1. The number of thiol groups is 1. The van der Waals surface area contributed by atoms with Crippen LogP contribution in [0.25, 0.3) is 0 Å². The smallest absolute Gasteiger partial charge is 0.305 e. The number of rotatable bonds is 2. The van der Waals surface area contributed by atoms with E-state index in [1.807, 2.05) is 36.4 Å². The molecular formula is C9H13NO2S. The normalized spacial score (nSPS) is 10.9. The van der Waals surface area contributed by atoms with Gasteiger partial charge in [-0.05, 0) is 0 Å². The van der Waals surface area contributed by atoms with Crippen LogP contribution in [-0.4, -0.2) is 16.4 Å². The Kier molecular flexibility index (Phi) is 7.05. The van der Waals surface area contributed by atoms with Crippen LogP contribution in [0.1, 0.15) is 6.42 Å². The van der Waals surface area contributed by atoms with E-state index >= 15 is 0 Å². The fraction of sp³-hybridized carbons (Fsp3) is 0.222. The van der Waals surface area contributed by atoms with Gasteiger partial charge in [-0.2, -0.15) is 12.6 Å². The Labute approximate surface area is 83.0 Å². The second kappa shape index (κ2) is 7.64.